The molecule has 0 radical (unpaired) electrons. The largest absolute Gasteiger partial charge is 0.352 e. The van der Waals surface area contributed by atoms with Gasteiger partial charge in [-0.3, -0.25) is 4.79 Å². The van der Waals surface area contributed by atoms with Gasteiger partial charge in [-0.25, -0.2) is 4.39 Å². The van der Waals surface area contributed by atoms with E-state index in [4.69, 9.17) is 0 Å². The van der Waals surface area contributed by atoms with Crippen molar-refractivity contribution in [3.05, 3.63) is 35.6 Å². The molecule has 0 aliphatic carbocycles. The van der Waals surface area contributed by atoms with Crippen LogP contribution in [0, 0.1) is 5.82 Å². The molecular weight excluding hydrogens is 231 g/mol. The lowest BCUT2D eigenvalue weighted by molar-refractivity contribution is -0.121. The highest BCUT2D eigenvalue weighted by Gasteiger charge is 2.22. The van der Waals surface area contributed by atoms with Crippen molar-refractivity contribution < 1.29 is 9.18 Å². The van der Waals surface area contributed by atoms with Gasteiger partial charge in [0.2, 0.25) is 5.91 Å². The van der Waals surface area contributed by atoms with Crippen LogP contribution in [0.1, 0.15) is 25.3 Å². The molecular formula is C14H19FN2O. The molecule has 3 nitrogen and oxygen atoms in total. The summed E-state index contributed by atoms with van der Waals surface area (Å²) in [6.07, 6.45) is 2.32. The molecule has 0 bridgehead atoms. The molecule has 1 aromatic rings. The molecule has 1 heterocycles. The Kier molecular flexibility index (Phi) is 4.31. The Morgan fingerprint density at radius 2 is 2.39 bits per heavy atom. The van der Waals surface area contributed by atoms with Crippen LogP contribution in [0.15, 0.2) is 24.3 Å². The van der Waals surface area contributed by atoms with Crippen molar-refractivity contribution in [3.8, 4) is 0 Å². The minimum absolute atomic E-state index is 0.0406. The van der Waals surface area contributed by atoms with Gasteiger partial charge >= 0.3 is 0 Å². The highest BCUT2D eigenvalue weighted by Crippen LogP contribution is 2.09. The van der Waals surface area contributed by atoms with Gasteiger partial charge in [0, 0.05) is 12.1 Å². The number of benzene rings is 1. The van der Waals surface area contributed by atoms with Gasteiger partial charge in [0.15, 0.2) is 0 Å². The number of nitrogens with one attached hydrogen (secondary N) is 2. The monoisotopic (exact) mass is 250 g/mol. The van der Waals surface area contributed by atoms with E-state index in [1.165, 1.54) is 12.1 Å². The van der Waals surface area contributed by atoms with Gasteiger partial charge in [-0.15, -0.1) is 0 Å². The van der Waals surface area contributed by atoms with Gasteiger partial charge in [-0.05, 0) is 44.0 Å². The van der Waals surface area contributed by atoms with Gasteiger partial charge in [0.1, 0.15) is 5.82 Å². The van der Waals surface area contributed by atoms with Crippen molar-refractivity contribution in [3.63, 3.8) is 0 Å². The van der Waals surface area contributed by atoms with Crippen LogP contribution in [0.3, 0.4) is 0 Å². The number of hydrogen-bond donors (Lipinski definition) is 2. The van der Waals surface area contributed by atoms with Gasteiger partial charge in [-0.1, -0.05) is 12.1 Å². The second-order valence-corrected chi connectivity index (χ2v) is 4.87. The summed E-state index contributed by atoms with van der Waals surface area (Å²) < 4.78 is 13.0. The molecule has 0 aromatic heterocycles. The minimum atomic E-state index is -0.298. The van der Waals surface area contributed by atoms with Gasteiger partial charge in [-0.2, -0.15) is 0 Å². The lowest BCUT2D eigenvalue weighted by Crippen LogP contribution is -2.52. The summed E-state index contributed by atoms with van der Waals surface area (Å²) in [6.45, 7) is 3.09. The van der Waals surface area contributed by atoms with Crippen molar-refractivity contribution in [2.45, 2.75) is 38.3 Å². The van der Waals surface area contributed by atoms with Gasteiger partial charge in [0.25, 0.3) is 0 Å². The van der Waals surface area contributed by atoms with Crippen molar-refractivity contribution in [2.24, 2.45) is 0 Å². The number of piperidine rings is 1. The molecule has 1 aliphatic heterocycles. The maximum atomic E-state index is 13.0. The normalized spacial score (nSPS) is 23.7. The molecule has 0 saturated carbocycles. The first-order valence-electron chi connectivity index (χ1n) is 6.42. The number of amides is 1. The Bertz CT molecular complexity index is 422. The number of hydrogen-bond acceptors (Lipinski definition) is 2. The van der Waals surface area contributed by atoms with E-state index in [9.17, 15) is 9.18 Å². The lowest BCUT2D eigenvalue weighted by atomic mass is 9.99. The van der Waals surface area contributed by atoms with E-state index in [0.717, 1.165) is 19.4 Å². The van der Waals surface area contributed by atoms with E-state index < -0.39 is 0 Å². The zero-order valence-electron chi connectivity index (χ0n) is 10.6. The average molecular weight is 250 g/mol. The van der Waals surface area contributed by atoms with Gasteiger partial charge < -0.3 is 10.6 Å². The summed E-state index contributed by atoms with van der Waals surface area (Å²) >= 11 is 0. The van der Waals surface area contributed by atoms with Crippen LogP contribution in [0.5, 0.6) is 0 Å². The van der Waals surface area contributed by atoms with E-state index in [1.807, 2.05) is 0 Å². The predicted molar refractivity (Wildman–Crippen MR) is 68.7 cm³/mol. The van der Waals surface area contributed by atoms with Crippen LogP contribution in [-0.2, 0) is 11.2 Å². The fourth-order valence-corrected chi connectivity index (χ4v) is 2.33. The molecule has 2 rings (SSSR count). The summed E-state index contributed by atoms with van der Waals surface area (Å²) in [6, 6.07) is 6.67. The molecule has 98 valence electrons. The third-order valence-corrected chi connectivity index (χ3v) is 3.36. The van der Waals surface area contributed by atoms with Crippen molar-refractivity contribution in [1.29, 1.82) is 0 Å². The van der Waals surface area contributed by atoms with E-state index in [1.54, 1.807) is 12.1 Å². The second kappa shape index (κ2) is 5.96. The van der Waals surface area contributed by atoms with E-state index >= 15 is 0 Å². The van der Waals surface area contributed by atoms with E-state index in [2.05, 4.69) is 17.6 Å². The minimum Gasteiger partial charge on any atom is -0.352 e. The molecule has 2 N–H and O–H groups in total. The molecule has 1 fully saturated rings. The Balaban J connectivity index is 1.88. The molecule has 4 heteroatoms. The maximum Gasteiger partial charge on any atom is 0.224 e. The molecule has 1 amide bonds. The number of rotatable bonds is 3. The molecule has 1 aromatic carbocycles. The van der Waals surface area contributed by atoms with Crippen molar-refractivity contribution in [1.82, 2.24) is 10.6 Å². The highest BCUT2D eigenvalue weighted by molar-refractivity contribution is 5.78. The fraction of sp³-hybridized carbons (Fsp3) is 0.500. The molecule has 2 atom stereocenters. The van der Waals surface area contributed by atoms with Crippen molar-refractivity contribution in [2.75, 3.05) is 6.54 Å². The predicted octanol–water partition coefficient (Wildman–Crippen LogP) is 1.62. The summed E-state index contributed by atoms with van der Waals surface area (Å²) in [7, 11) is 0. The molecule has 1 aliphatic rings. The highest BCUT2D eigenvalue weighted by atomic mass is 19.1. The Labute approximate surface area is 107 Å². The van der Waals surface area contributed by atoms with Crippen LogP contribution >= 0.6 is 0 Å². The zero-order valence-corrected chi connectivity index (χ0v) is 10.6. The third kappa shape index (κ3) is 3.53. The molecule has 0 spiro atoms. The standard InChI is InChI=1S/C14H19FN2O/c1-10-13(6-3-7-16-10)17-14(18)9-11-4-2-5-12(15)8-11/h2,4-5,8,10,13,16H,3,6-7,9H2,1H3,(H,17,18). The van der Waals surface area contributed by atoms with Crippen LogP contribution < -0.4 is 10.6 Å². The first-order chi connectivity index (χ1) is 8.65. The fourth-order valence-electron chi connectivity index (χ4n) is 2.33. The quantitative estimate of drug-likeness (QED) is 0.856. The van der Waals surface area contributed by atoms with Crippen LogP contribution in [0.25, 0.3) is 0 Å². The smallest absolute Gasteiger partial charge is 0.224 e. The first kappa shape index (κ1) is 13.0. The molecule has 2 unspecified atom stereocenters. The second-order valence-electron chi connectivity index (χ2n) is 4.87. The van der Waals surface area contributed by atoms with Crippen LogP contribution in [0.4, 0.5) is 4.39 Å². The Morgan fingerprint density at radius 3 is 3.11 bits per heavy atom. The summed E-state index contributed by atoms with van der Waals surface area (Å²) in [5.41, 5.74) is 0.712. The average Bonchev–Trinajstić information content (AvgIpc) is 2.32. The number of carbonyl (C=O) groups is 1. The van der Waals surface area contributed by atoms with E-state index in [0.29, 0.717) is 11.6 Å². The van der Waals surface area contributed by atoms with Crippen LogP contribution in [0.2, 0.25) is 0 Å². The number of carbonyl (C=O) groups excluding carboxylic acids is 1. The first-order valence-corrected chi connectivity index (χ1v) is 6.42. The Morgan fingerprint density at radius 1 is 1.56 bits per heavy atom. The van der Waals surface area contributed by atoms with Gasteiger partial charge in [0.05, 0.1) is 6.42 Å². The topological polar surface area (TPSA) is 41.1 Å². The molecule has 18 heavy (non-hydrogen) atoms. The maximum absolute atomic E-state index is 13.0. The number of halogens is 1. The summed E-state index contributed by atoms with van der Waals surface area (Å²) in [4.78, 5) is 11.9. The summed E-state index contributed by atoms with van der Waals surface area (Å²) in [5.74, 6) is -0.339. The molecule has 1 saturated heterocycles. The van der Waals surface area contributed by atoms with E-state index in [-0.39, 0.29) is 24.2 Å². The van der Waals surface area contributed by atoms with Crippen molar-refractivity contribution >= 4 is 5.91 Å². The zero-order chi connectivity index (χ0) is 13.0. The lowest BCUT2D eigenvalue weighted by Gasteiger charge is -2.30. The summed E-state index contributed by atoms with van der Waals surface area (Å²) in [5, 5.41) is 6.35. The Hall–Kier alpha value is -1.42. The third-order valence-electron chi connectivity index (χ3n) is 3.36. The SMILES string of the molecule is CC1NCCCC1NC(=O)Cc1cccc(F)c1. The van der Waals surface area contributed by atoms with Crippen LogP contribution in [-0.4, -0.2) is 24.5 Å².